The highest BCUT2D eigenvalue weighted by atomic mass is 16.5. The zero-order chi connectivity index (χ0) is 25.1. The number of aromatic nitrogens is 6. The highest BCUT2D eigenvalue weighted by Gasteiger charge is 2.38. The van der Waals surface area contributed by atoms with E-state index in [1.807, 2.05) is 47.2 Å². The lowest BCUT2D eigenvalue weighted by atomic mass is 9.99. The molecule has 6 aromatic rings. The second-order valence-corrected chi connectivity index (χ2v) is 10.1. The van der Waals surface area contributed by atoms with Gasteiger partial charge in [0.2, 0.25) is 0 Å². The first-order valence-corrected chi connectivity index (χ1v) is 13.0. The Morgan fingerprint density at radius 1 is 0.947 bits per heavy atom. The first-order chi connectivity index (χ1) is 18.8. The number of pyridine rings is 1. The van der Waals surface area contributed by atoms with E-state index in [0.717, 1.165) is 69.9 Å². The number of fused-ring (bicyclic) bond motifs is 4. The number of hydrogen-bond acceptors (Lipinski definition) is 6. The van der Waals surface area contributed by atoms with Crippen LogP contribution in [0.3, 0.4) is 0 Å². The predicted molar refractivity (Wildman–Crippen MR) is 145 cm³/mol. The summed E-state index contributed by atoms with van der Waals surface area (Å²) in [6, 6.07) is 21.6. The zero-order valence-corrected chi connectivity index (χ0v) is 20.7. The van der Waals surface area contributed by atoms with Crippen molar-refractivity contribution in [2.24, 2.45) is 0 Å². The molecule has 2 aromatic carbocycles. The van der Waals surface area contributed by atoms with Crippen LogP contribution in [0.5, 0.6) is 0 Å². The smallest absolute Gasteiger partial charge is 0.164 e. The Balaban J connectivity index is 1.25. The molecule has 2 saturated heterocycles. The van der Waals surface area contributed by atoms with E-state index in [-0.39, 0.29) is 0 Å². The number of nitrogens with one attached hydrogen (secondary N) is 1. The molecule has 0 radical (unpaired) electrons. The number of ether oxygens (including phenoxy) is 1. The third-order valence-corrected chi connectivity index (χ3v) is 7.88. The SMILES string of the molecule is c1cc(-c2c(-c3ccncc3)nn3c(-c4ccc(CN5C[C@H]6C[C@H]5CO6)cc4)ccnc23)c2cn[nH]c2c1. The number of nitrogens with zero attached hydrogens (tertiary/aromatic N) is 6. The van der Waals surface area contributed by atoms with E-state index in [9.17, 15) is 0 Å². The van der Waals surface area contributed by atoms with Crippen molar-refractivity contribution < 1.29 is 4.74 Å². The normalized spacial score (nSPS) is 19.2. The van der Waals surface area contributed by atoms with Gasteiger partial charge in [0.1, 0.15) is 5.69 Å². The van der Waals surface area contributed by atoms with Crippen molar-refractivity contribution >= 4 is 16.6 Å². The Hall–Kier alpha value is -4.40. The van der Waals surface area contributed by atoms with Crippen molar-refractivity contribution in [3.05, 3.63) is 91.0 Å². The largest absolute Gasteiger partial charge is 0.375 e. The van der Waals surface area contributed by atoms with Crippen LogP contribution in [0, 0.1) is 0 Å². The Morgan fingerprint density at radius 3 is 2.66 bits per heavy atom. The number of morpholine rings is 1. The summed E-state index contributed by atoms with van der Waals surface area (Å²) >= 11 is 0. The average Bonchev–Trinajstić information content (AvgIpc) is 3.77. The van der Waals surface area contributed by atoms with Gasteiger partial charge in [0.15, 0.2) is 5.65 Å². The summed E-state index contributed by atoms with van der Waals surface area (Å²) in [7, 11) is 0. The number of likely N-dealkylation sites (tertiary alicyclic amines) is 1. The second-order valence-electron chi connectivity index (χ2n) is 10.1. The van der Waals surface area contributed by atoms with Crippen LogP contribution in [0.4, 0.5) is 0 Å². The Labute approximate surface area is 218 Å². The van der Waals surface area contributed by atoms with Crippen LogP contribution in [0.1, 0.15) is 12.0 Å². The number of benzene rings is 2. The summed E-state index contributed by atoms with van der Waals surface area (Å²) in [5.74, 6) is 0. The fraction of sp³-hybridized carbons (Fsp3) is 0.200. The van der Waals surface area contributed by atoms with E-state index in [2.05, 4.69) is 50.4 Å². The fourth-order valence-electron chi connectivity index (χ4n) is 6.00. The summed E-state index contributed by atoms with van der Waals surface area (Å²) in [5.41, 5.74) is 9.08. The standard InChI is InChI=1S/C30H25N7O/c1-2-24(25-15-33-34-26(25)3-1)28-29(21-8-11-31-12-9-21)35-37-27(10-13-32-30(28)37)20-6-4-19(5-7-20)16-36-17-23-14-22(36)18-38-23/h1-13,15,22-23H,14,16-18H2,(H,33,34)/t22-,23+/m0/s1. The molecule has 8 nitrogen and oxygen atoms in total. The van der Waals surface area contributed by atoms with Gasteiger partial charge < -0.3 is 4.74 Å². The highest BCUT2D eigenvalue weighted by molar-refractivity contribution is 6.02. The summed E-state index contributed by atoms with van der Waals surface area (Å²) in [6.07, 6.45) is 8.92. The lowest BCUT2D eigenvalue weighted by molar-refractivity contribution is 0.0273. The summed E-state index contributed by atoms with van der Waals surface area (Å²) in [5, 5.41) is 13.5. The molecule has 0 saturated carbocycles. The van der Waals surface area contributed by atoms with E-state index < -0.39 is 0 Å². The summed E-state index contributed by atoms with van der Waals surface area (Å²) in [6.45, 7) is 2.86. The number of rotatable bonds is 5. The number of aromatic amines is 1. The molecule has 2 fully saturated rings. The molecule has 2 aliphatic rings. The Morgan fingerprint density at radius 2 is 1.84 bits per heavy atom. The van der Waals surface area contributed by atoms with Gasteiger partial charge in [-0.15, -0.1) is 0 Å². The zero-order valence-electron chi connectivity index (χ0n) is 20.7. The molecule has 2 atom stereocenters. The molecule has 186 valence electrons. The van der Waals surface area contributed by atoms with Gasteiger partial charge in [-0.2, -0.15) is 10.2 Å². The first kappa shape index (κ1) is 21.7. The fourth-order valence-corrected chi connectivity index (χ4v) is 6.00. The quantitative estimate of drug-likeness (QED) is 0.360. The molecular formula is C30H25N7O. The molecule has 2 aliphatic heterocycles. The van der Waals surface area contributed by atoms with Crippen LogP contribution in [-0.2, 0) is 11.3 Å². The number of H-pyrrole nitrogens is 1. The topological polar surface area (TPSA) is 84.2 Å². The second kappa shape index (κ2) is 8.58. The van der Waals surface area contributed by atoms with Crippen LogP contribution in [0.2, 0.25) is 0 Å². The number of hydrogen-bond donors (Lipinski definition) is 1. The summed E-state index contributed by atoms with van der Waals surface area (Å²) in [4.78, 5) is 11.6. The maximum atomic E-state index is 5.77. The van der Waals surface area contributed by atoms with Crippen LogP contribution >= 0.6 is 0 Å². The van der Waals surface area contributed by atoms with Crippen LogP contribution in [0.25, 0.3) is 50.2 Å². The van der Waals surface area contributed by atoms with Gasteiger partial charge in [-0.3, -0.25) is 15.0 Å². The Bertz CT molecular complexity index is 1770. The molecule has 1 N–H and O–H groups in total. The van der Waals surface area contributed by atoms with Gasteiger partial charge in [0.05, 0.1) is 35.7 Å². The average molecular weight is 500 g/mol. The molecule has 0 amide bonds. The molecule has 8 rings (SSSR count). The third-order valence-electron chi connectivity index (χ3n) is 7.88. The van der Waals surface area contributed by atoms with Gasteiger partial charge in [0, 0.05) is 54.2 Å². The lowest BCUT2D eigenvalue weighted by Gasteiger charge is -2.26. The van der Waals surface area contributed by atoms with Crippen molar-refractivity contribution in [1.29, 1.82) is 0 Å². The van der Waals surface area contributed by atoms with Gasteiger partial charge in [0.25, 0.3) is 0 Å². The van der Waals surface area contributed by atoms with Gasteiger partial charge in [-0.05, 0) is 41.8 Å². The van der Waals surface area contributed by atoms with Crippen LogP contribution in [-0.4, -0.2) is 60.0 Å². The molecule has 0 unspecified atom stereocenters. The minimum absolute atomic E-state index is 0.417. The Kier molecular flexibility index (Phi) is 4.89. The van der Waals surface area contributed by atoms with Crippen molar-refractivity contribution in [1.82, 2.24) is 34.7 Å². The van der Waals surface area contributed by atoms with Gasteiger partial charge in [-0.25, -0.2) is 9.50 Å². The molecular weight excluding hydrogens is 474 g/mol. The van der Waals surface area contributed by atoms with Crippen LogP contribution in [0.15, 0.2) is 85.5 Å². The van der Waals surface area contributed by atoms with Crippen molar-refractivity contribution in [3.63, 3.8) is 0 Å². The molecule has 8 heteroatoms. The van der Waals surface area contributed by atoms with E-state index >= 15 is 0 Å². The van der Waals surface area contributed by atoms with Crippen molar-refractivity contribution in [3.8, 4) is 33.6 Å². The van der Waals surface area contributed by atoms with E-state index in [1.165, 1.54) is 12.0 Å². The third kappa shape index (κ3) is 3.45. The molecule has 2 bridgehead atoms. The van der Waals surface area contributed by atoms with E-state index in [4.69, 9.17) is 14.8 Å². The van der Waals surface area contributed by atoms with Gasteiger partial charge >= 0.3 is 0 Å². The molecule has 0 aliphatic carbocycles. The predicted octanol–water partition coefficient (Wildman–Crippen LogP) is 4.97. The minimum Gasteiger partial charge on any atom is -0.375 e. The molecule has 0 spiro atoms. The first-order valence-electron chi connectivity index (χ1n) is 13.0. The van der Waals surface area contributed by atoms with Crippen molar-refractivity contribution in [2.75, 3.05) is 13.2 Å². The maximum absolute atomic E-state index is 5.77. The molecule has 6 heterocycles. The summed E-state index contributed by atoms with van der Waals surface area (Å²) < 4.78 is 7.73. The lowest BCUT2D eigenvalue weighted by Crippen LogP contribution is -2.36. The van der Waals surface area contributed by atoms with E-state index in [1.54, 1.807) is 12.4 Å². The van der Waals surface area contributed by atoms with E-state index in [0.29, 0.717) is 12.1 Å². The maximum Gasteiger partial charge on any atom is 0.164 e. The van der Waals surface area contributed by atoms with Crippen molar-refractivity contribution in [2.45, 2.75) is 25.1 Å². The van der Waals surface area contributed by atoms with Crippen LogP contribution < -0.4 is 0 Å². The monoisotopic (exact) mass is 499 g/mol. The minimum atomic E-state index is 0.417. The molecule has 38 heavy (non-hydrogen) atoms. The van der Waals surface area contributed by atoms with Gasteiger partial charge in [-0.1, -0.05) is 36.4 Å². The highest BCUT2D eigenvalue weighted by Crippen LogP contribution is 2.39. The molecule has 4 aromatic heterocycles.